The first kappa shape index (κ1) is 18.4. The van der Waals surface area contributed by atoms with Gasteiger partial charge in [0.2, 0.25) is 0 Å². The van der Waals surface area contributed by atoms with Gasteiger partial charge in [0.25, 0.3) is 0 Å². The molecule has 0 amide bonds. The second-order valence-electron chi connectivity index (χ2n) is 6.21. The summed E-state index contributed by atoms with van der Waals surface area (Å²) < 4.78 is 5.84. The van der Waals surface area contributed by atoms with E-state index in [-0.39, 0.29) is 0 Å². The molecule has 1 heterocycles. The molecule has 1 fully saturated rings. The molecule has 1 saturated heterocycles. The molecule has 0 aromatic rings. The number of aliphatic carboxylic acids is 1. The highest BCUT2D eigenvalue weighted by Crippen LogP contribution is 2.17. The van der Waals surface area contributed by atoms with E-state index in [4.69, 9.17) is 4.74 Å². The van der Waals surface area contributed by atoms with Crippen LogP contribution in [0, 0.1) is 0 Å². The van der Waals surface area contributed by atoms with Crippen molar-refractivity contribution in [1.82, 2.24) is 10.2 Å². The molecule has 0 radical (unpaired) electrons. The summed E-state index contributed by atoms with van der Waals surface area (Å²) in [4.78, 5) is 13.8. The van der Waals surface area contributed by atoms with Gasteiger partial charge in [-0.2, -0.15) is 0 Å². The molecule has 5 heteroatoms. The van der Waals surface area contributed by atoms with Crippen molar-refractivity contribution < 1.29 is 14.6 Å². The van der Waals surface area contributed by atoms with Gasteiger partial charge in [-0.15, -0.1) is 0 Å². The zero-order valence-corrected chi connectivity index (χ0v) is 13.9. The van der Waals surface area contributed by atoms with Crippen LogP contribution >= 0.6 is 0 Å². The van der Waals surface area contributed by atoms with Gasteiger partial charge in [0.1, 0.15) is 5.54 Å². The van der Waals surface area contributed by atoms with Crippen LogP contribution in [0.15, 0.2) is 0 Å². The minimum absolute atomic E-state index is 0.360. The Labute approximate surface area is 129 Å². The number of rotatable bonds is 10. The molecule has 0 saturated carbocycles. The van der Waals surface area contributed by atoms with Gasteiger partial charge in [-0.25, -0.2) is 0 Å². The Morgan fingerprint density at radius 3 is 2.86 bits per heavy atom. The summed E-state index contributed by atoms with van der Waals surface area (Å²) in [7, 11) is 0. The molecule has 21 heavy (non-hydrogen) atoms. The SMILES string of the molecule is CCCOC1CCCN(CCCC(C)(NCC)C(=O)O)C1. The second kappa shape index (κ2) is 9.38. The fraction of sp³-hybridized carbons (Fsp3) is 0.938. The van der Waals surface area contributed by atoms with Crippen LogP contribution in [-0.4, -0.2) is 60.4 Å². The van der Waals surface area contributed by atoms with Crippen molar-refractivity contribution in [3.05, 3.63) is 0 Å². The highest BCUT2D eigenvalue weighted by atomic mass is 16.5. The van der Waals surface area contributed by atoms with Gasteiger partial charge in [0, 0.05) is 13.2 Å². The van der Waals surface area contributed by atoms with Gasteiger partial charge < -0.3 is 20.1 Å². The van der Waals surface area contributed by atoms with Crippen molar-refractivity contribution in [2.45, 2.75) is 64.5 Å². The number of carboxylic acids is 1. The second-order valence-corrected chi connectivity index (χ2v) is 6.21. The molecule has 2 unspecified atom stereocenters. The number of piperidine rings is 1. The monoisotopic (exact) mass is 300 g/mol. The molecule has 1 aliphatic rings. The molecule has 0 aromatic carbocycles. The summed E-state index contributed by atoms with van der Waals surface area (Å²) in [6.07, 6.45) is 5.32. The Kier molecular flexibility index (Phi) is 8.22. The smallest absolute Gasteiger partial charge is 0.323 e. The first-order valence-corrected chi connectivity index (χ1v) is 8.34. The predicted molar refractivity (Wildman–Crippen MR) is 84.7 cm³/mol. The molecule has 2 N–H and O–H groups in total. The first-order chi connectivity index (χ1) is 10.0. The molecule has 0 aliphatic carbocycles. The molecule has 124 valence electrons. The fourth-order valence-corrected chi connectivity index (χ4v) is 2.95. The van der Waals surface area contributed by atoms with E-state index in [1.807, 2.05) is 6.92 Å². The summed E-state index contributed by atoms with van der Waals surface area (Å²) >= 11 is 0. The van der Waals surface area contributed by atoms with Gasteiger partial charge >= 0.3 is 5.97 Å². The Morgan fingerprint density at radius 2 is 2.24 bits per heavy atom. The molecular formula is C16H32N2O3. The number of likely N-dealkylation sites (tertiary alicyclic amines) is 1. The van der Waals surface area contributed by atoms with Crippen molar-refractivity contribution in [3.63, 3.8) is 0 Å². The minimum atomic E-state index is -0.803. The molecular weight excluding hydrogens is 268 g/mol. The van der Waals surface area contributed by atoms with E-state index in [9.17, 15) is 9.90 Å². The maximum atomic E-state index is 11.4. The zero-order chi connectivity index (χ0) is 15.7. The number of hydrogen-bond acceptors (Lipinski definition) is 4. The van der Waals surface area contributed by atoms with Gasteiger partial charge in [0.05, 0.1) is 6.10 Å². The van der Waals surface area contributed by atoms with Gasteiger partial charge in [0.15, 0.2) is 0 Å². The van der Waals surface area contributed by atoms with Crippen molar-refractivity contribution in [2.24, 2.45) is 0 Å². The average molecular weight is 300 g/mol. The van der Waals surface area contributed by atoms with Gasteiger partial charge in [-0.1, -0.05) is 13.8 Å². The van der Waals surface area contributed by atoms with Crippen LogP contribution in [0.1, 0.15) is 52.9 Å². The summed E-state index contributed by atoms with van der Waals surface area (Å²) in [5, 5.41) is 12.4. The largest absolute Gasteiger partial charge is 0.480 e. The topological polar surface area (TPSA) is 61.8 Å². The summed E-state index contributed by atoms with van der Waals surface area (Å²) in [5.41, 5.74) is -0.803. The number of carboxylic acid groups (broad SMARTS) is 1. The first-order valence-electron chi connectivity index (χ1n) is 8.34. The number of nitrogens with zero attached hydrogens (tertiary/aromatic N) is 1. The maximum Gasteiger partial charge on any atom is 0.323 e. The predicted octanol–water partition coefficient (Wildman–Crippen LogP) is 2.11. The Balaban J connectivity index is 2.32. The third-order valence-electron chi connectivity index (χ3n) is 4.21. The number of carbonyl (C=O) groups is 1. The van der Waals surface area contributed by atoms with E-state index in [1.54, 1.807) is 6.92 Å². The van der Waals surface area contributed by atoms with E-state index in [0.29, 0.717) is 19.1 Å². The Bertz CT molecular complexity index is 312. The lowest BCUT2D eigenvalue weighted by Gasteiger charge is -2.33. The van der Waals surface area contributed by atoms with Crippen LogP contribution in [0.5, 0.6) is 0 Å². The van der Waals surface area contributed by atoms with Crippen LogP contribution in [0.2, 0.25) is 0 Å². The van der Waals surface area contributed by atoms with E-state index in [1.165, 1.54) is 6.42 Å². The van der Waals surface area contributed by atoms with Crippen LogP contribution in [0.4, 0.5) is 0 Å². The molecule has 1 aliphatic heterocycles. The number of hydrogen-bond donors (Lipinski definition) is 2. The zero-order valence-electron chi connectivity index (χ0n) is 13.9. The molecule has 5 nitrogen and oxygen atoms in total. The third kappa shape index (κ3) is 6.32. The summed E-state index contributed by atoms with van der Waals surface area (Å²) in [5.74, 6) is -0.757. The van der Waals surface area contributed by atoms with Crippen molar-refractivity contribution in [1.29, 1.82) is 0 Å². The lowest BCUT2D eigenvalue weighted by atomic mass is 9.95. The Morgan fingerprint density at radius 1 is 1.48 bits per heavy atom. The van der Waals surface area contributed by atoms with Gasteiger partial charge in [-0.3, -0.25) is 4.79 Å². The van der Waals surface area contributed by atoms with Crippen molar-refractivity contribution in [3.8, 4) is 0 Å². The third-order valence-corrected chi connectivity index (χ3v) is 4.21. The number of likely N-dealkylation sites (N-methyl/N-ethyl adjacent to an activating group) is 1. The molecule has 0 spiro atoms. The molecule has 1 rings (SSSR count). The molecule has 0 aromatic heterocycles. The van der Waals surface area contributed by atoms with Crippen LogP contribution < -0.4 is 5.32 Å². The number of ether oxygens (including phenoxy) is 1. The lowest BCUT2D eigenvalue weighted by Crippen LogP contribution is -2.50. The molecule has 2 atom stereocenters. The lowest BCUT2D eigenvalue weighted by molar-refractivity contribution is -0.144. The fourth-order valence-electron chi connectivity index (χ4n) is 2.95. The number of nitrogens with one attached hydrogen (secondary N) is 1. The van der Waals surface area contributed by atoms with Crippen LogP contribution in [-0.2, 0) is 9.53 Å². The quantitative estimate of drug-likeness (QED) is 0.647. The van der Waals surface area contributed by atoms with Crippen LogP contribution in [0.3, 0.4) is 0 Å². The van der Waals surface area contributed by atoms with E-state index >= 15 is 0 Å². The van der Waals surface area contributed by atoms with E-state index in [2.05, 4.69) is 17.1 Å². The highest BCUT2D eigenvalue weighted by Gasteiger charge is 2.31. The minimum Gasteiger partial charge on any atom is -0.480 e. The van der Waals surface area contributed by atoms with Gasteiger partial charge in [-0.05, 0) is 58.7 Å². The van der Waals surface area contributed by atoms with Crippen molar-refractivity contribution in [2.75, 3.05) is 32.8 Å². The highest BCUT2D eigenvalue weighted by molar-refractivity contribution is 5.78. The Hall–Kier alpha value is -0.650. The molecule has 0 bridgehead atoms. The average Bonchev–Trinajstić information content (AvgIpc) is 2.45. The summed E-state index contributed by atoms with van der Waals surface area (Å²) in [6.45, 7) is 10.4. The summed E-state index contributed by atoms with van der Waals surface area (Å²) in [6, 6.07) is 0. The maximum absolute atomic E-state index is 11.4. The van der Waals surface area contributed by atoms with E-state index < -0.39 is 11.5 Å². The standard InChI is InChI=1S/C16H32N2O3/c1-4-12-21-14-8-6-10-18(13-14)11-7-9-16(3,15(19)20)17-5-2/h14,17H,4-13H2,1-3H3,(H,19,20). The normalized spacial score (nSPS) is 22.9. The van der Waals surface area contributed by atoms with Crippen LogP contribution in [0.25, 0.3) is 0 Å². The van der Waals surface area contributed by atoms with Crippen molar-refractivity contribution >= 4 is 5.97 Å². The van der Waals surface area contributed by atoms with E-state index in [0.717, 1.165) is 45.5 Å².